The van der Waals surface area contributed by atoms with Crippen LogP contribution in [0.3, 0.4) is 0 Å². The van der Waals surface area contributed by atoms with Gasteiger partial charge in [0.2, 0.25) is 0 Å². The van der Waals surface area contributed by atoms with E-state index in [0.29, 0.717) is 5.75 Å². The molecule has 0 radical (unpaired) electrons. The molecule has 36 heavy (non-hydrogen) atoms. The van der Waals surface area contributed by atoms with Gasteiger partial charge < -0.3 is 5.11 Å². The van der Waals surface area contributed by atoms with Gasteiger partial charge in [0.15, 0.2) is 0 Å². The van der Waals surface area contributed by atoms with E-state index in [-0.39, 0.29) is 23.7 Å². The topological polar surface area (TPSA) is 20.2 Å². The minimum absolute atomic E-state index is 0.00820. The van der Waals surface area contributed by atoms with E-state index in [1.807, 2.05) is 0 Å². The lowest BCUT2D eigenvalue weighted by Crippen LogP contribution is -2.32. The summed E-state index contributed by atoms with van der Waals surface area (Å²) >= 11 is 7.56. The van der Waals surface area contributed by atoms with Gasteiger partial charge in [-0.15, -0.1) is 0 Å². The average molecular weight is 481 g/mol. The number of hydrogen-bond acceptors (Lipinski definition) is 1. The lowest BCUT2D eigenvalue weighted by Gasteiger charge is -2.48. The Labute approximate surface area is 214 Å². The zero-order chi connectivity index (χ0) is 23.7. The second-order valence-electron chi connectivity index (χ2n) is 10.6. The molecule has 6 aliphatic rings. The van der Waals surface area contributed by atoms with Crippen LogP contribution in [-0.2, 0) is 0 Å². The molecule has 11 rings (SSSR count). The van der Waals surface area contributed by atoms with Crippen molar-refractivity contribution in [3.63, 3.8) is 0 Å². The van der Waals surface area contributed by atoms with Crippen LogP contribution in [-0.4, -0.2) is 5.11 Å². The average Bonchev–Trinajstić information content (AvgIpc) is 2.95. The second-order valence-corrected chi connectivity index (χ2v) is 10.9. The molecule has 1 nitrogen and oxygen atoms in total. The largest absolute Gasteiger partial charge is 0.507 e. The molecule has 4 bridgehead atoms. The Balaban J connectivity index is 1.43. The first-order chi connectivity index (χ1) is 17.8. The number of rotatable bonds is 0. The van der Waals surface area contributed by atoms with Gasteiger partial charge in [-0.1, -0.05) is 109 Å². The predicted octanol–water partition coefficient (Wildman–Crippen LogP) is 8.02. The maximum Gasteiger partial charge on any atom is 0.124 e. The molecule has 5 aromatic rings. The van der Waals surface area contributed by atoms with Crippen molar-refractivity contribution >= 4 is 11.6 Å². The van der Waals surface area contributed by atoms with E-state index in [1.165, 1.54) is 44.5 Å². The fourth-order valence-electron chi connectivity index (χ4n) is 7.99. The van der Waals surface area contributed by atoms with Crippen molar-refractivity contribution in [3.05, 3.63) is 169 Å². The zero-order valence-corrected chi connectivity index (χ0v) is 20.1. The van der Waals surface area contributed by atoms with Crippen molar-refractivity contribution in [1.29, 1.82) is 0 Å². The van der Waals surface area contributed by atoms with Crippen LogP contribution in [0.5, 0.6) is 5.75 Å². The van der Waals surface area contributed by atoms with Crippen molar-refractivity contribution < 1.29 is 5.11 Å². The summed E-state index contributed by atoms with van der Waals surface area (Å²) in [6.45, 7) is 0. The monoisotopic (exact) mass is 480 g/mol. The number of benzene rings is 5. The molecule has 0 atom stereocenters. The third-order valence-electron chi connectivity index (χ3n) is 9.19. The maximum atomic E-state index is 12.3. The van der Waals surface area contributed by atoms with E-state index in [4.69, 9.17) is 11.6 Å². The number of halogens is 1. The molecule has 0 saturated heterocycles. The molecule has 0 aliphatic heterocycles. The SMILES string of the molecule is Oc1c2c(c(Cl)c3c1C1c4ccccc4C3c3ccccc31)C1c3ccccc3C2c2ccccc21. The van der Waals surface area contributed by atoms with Crippen molar-refractivity contribution in [2.75, 3.05) is 0 Å². The Morgan fingerprint density at radius 3 is 0.861 bits per heavy atom. The number of aromatic hydroxyl groups is 1. The van der Waals surface area contributed by atoms with Gasteiger partial charge in [-0.3, -0.25) is 0 Å². The van der Waals surface area contributed by atoms with Crippen molar-refractivity contribution in [3.8, 4) is 5.75 Å². The quantitative estimate of drug-likeness (QED) is 0.233. The van der Waals surface area contributed by atoms with Crippen molar-refractivity contribution in [1.82, 2.24) is 0 Å². The molecule has 0 spiro atoms. The minimum atomic E-state index is -0.00820. The molecule has 0 saturated carbocycles. The summed E-state index contributed by atoms with van der Waals surface area (Å²) in [6.07, 6.45) is 0. The van der Waals surface area contributed by atoms with Crippen LogP contribution < -0.4 is 0 Å². The molecule has 0 aromatic heterocycles. The Hall–Kier alpha value is -3.81. The van der Waals surface area contributed by atoms with Gasteiger partial charge in [0, 0.05) is 39.8 Å². The van der Waals surface area contributed by atoms with E-state index in [1.54, 1.807) is 0 Å². The van der Waals surface area contributed by atoms with Crippen LogP contribution in [0.2, 0.25) is 5.02 Å². The number of hydrogen-bond donors (Lipinski definition) is 1. The highest BCUT2D eigenvalue weighted by Gasteiger charge is 2.50. The summed E-state index contributed by atoms with van der Waals surface area (Å²) in [7, 11) is 0. The molecule has 0 heterocycles. The minimum Gasteiger partial charge on any atom is -0.507 e. The molecule has 170 valence electrons. The molecule has 0 fully saturated rings. The van der Waals surface area contributed by atoms with Gasteiger partial charge in [-0.25, -0.2) is 0 Å². The first-order valence-electron chi connectivity index (χ1n) is 12.7. The van der Waals surface area contributed by atoms with Gasteiger partial charge in [-0.2, -0.15) is 0 Å². The van der Waals surface area contributed by atoms with Crippen LogP contribution in [0.25, 0.3) is 0 Å². The van der Waals surface area contributed by atoms with Crippen LogP contribution >= 0.6 is 11.6 Å². The summed E-state index contributed by atoms with van der Waals surface area (Å²) < 4.78 is 0. The Bertz CT molecular complexity index is 1450. The summed E-state index contributed by atoms with van der Waals surface area (Å²) in [5, 5.41) is 13.1. The van der Waals surface area contributed by atoms with E-state index < -0.39 is 0 Å². The van der Waals surface area contributed by atoms with Crippen molar-refractivity contribution in [2.45, 2.75) is 23.7 Å². The Kier molecular flexibility index (Phi) is 3.49. The summed E-state index contributed by atoms with van der Waals surface area (Å²) in [6, 6.07) is 34.9. The second kappa shape index (κ2) is 6.49. The standard InChI is InChI=1S/C34H21ClO/c35-33-29-25-17-9-1-5-13-21(17)27(22-14-6-2-10-18(22)25)31(29)34(36)32-28-23-15-7-3-11-19(23)26(30(32)33)20-12-4-8-16-24(20)28/h1-16,25-28,36H. The molecule has 1 N–H and O–H groups in total. The van der Waals surface area contributed by atoms with Gasteiger partial charge >= 0.3 is 0 Å². The third kappa shape index (κ3) is 2.04. The van der Waals surface area contributed by atoms with Crippen molar-refractivity contribution in [2.24, 2.45) is 0 Å². The highest BCUT2D eigenvalue weighted by molar-refractivity contribution is 6.33. The van der Waals surface area contributed by atoms with E-state index >= 15 is 0 Å². The highest BCUT2D eigenvalue weighted by atomic mass is 35.5. The Morgan fingerprint density at radius 2 is 0.611 bits per heavy atom. The number of phenols is 1. The van der Waals surface area contributed by atoms with E-state index in [9.17, 15) is 5.11 Å². The fraction of sp³-hybridized carbons (Fsp3) is 0.118. The summed E-state index contributed by atoms with van der Waals surface area (Å²) in [5.74, 6) is 0.499. The number of phenolic OH excluding ortho intramolecular Hbond substituents is 1. The van der Waals surface area contributed by atoms with Crippen LogP contribution in [0, 0.1) is 0 Å². The molecule has 0 unspecified atom stereocenters. The lowest BCUT2D eigenvalue weighted by molar-refractivity contribution is 0.450. The van der Waals surface area contributed by atoms with Gasteiger partial charge in [0.05, 0.1) is 0 Å². The van der Waals surface area contributed by atoms with E-state index in [0.717, 1.165) is 27.3 Å². The first-order valence-corrected chi connectivity index (χ1v) is 13.1. The maximum absolute atomic E-state index is 12.3. The fourth-order valence-corrected chi connectivity index (χ4v) is 8.41. The van der Waals surface area contributed by atoms with Crippen LogP contribution in [0.1, 0.15) is 90.4 Å². The highest BCUT2D eigenvalue weighted by Crippen LogP contribution is 2.66. The normalized spacial score (nSPS) is 22.7. The molecule has 6 aliphatic carbocycles. The van der Waals surface area contributed by atoms with Gasteiger partial charge in [-0.05, 0) is 55.6 Å². The molecular formula is C34H21ClO. The van der Waals surface area contributed by atoms with E-state index in [2.05, 4.69) is 97.1 Å². The third-order valence-corrected chi connectivity index (χ3v) is 9.60. The predicted molar refractivity (Wildman–Crippen MR) is 143 cm³/mol. The van der Waals surface area contributed by atoms with Crippen LogP contribution in [0.15, 0.2) is 97.1 Å². The zero-order valence-electron chi connectivity index (χ0n) is 19.4. The molecule has 2 heteroatoms. The molecule has 0 amide bonds. The smallest absolute Gasteiger partial charge is 0.124 e. The van der Waals surface area contributed by atoms with Crippen LogP contribution in [0.4, 0.5) is 0 Å². The lowest BCUT2D eigenvalue weighted by atomic mass is 9.56. The summed E-state index contributed by atoms with van der Waals surface area (Å²) in [4.78, 5) is 0. The van der Waals surface area contributed by atoms with Gasteiger partial charge in [0.25, 0.3) is 0 Å². The van der Waals surface area contributed by atoms with Gasteiger partial charge in [0.1, 0.15) is 5.75 Å². The molecule has 5 aromatic carbocycles. The first kappa shape index (κ1) is 19.4. The Morgan fingerprint density at radius 1 is 0.389 bits per heavy atom. The summed E-state index contributed by atoms with van der Waals surface area (Å²) in [5.41, 5.74) is 14.7. The molecular weight excluding hydrogens is 460 g/mol.